The number of benzene rings is 1. The molecule has 1 atom stereocenters. The molecule has 0 aliphatic heterocycles. The molecule has 1 rings (SSSR count). The smallest absolute Gasteiger partial charge is 0.328 e. The summed E-state index contributed by atoms with van der Waals surface area (Å²) in [5.74, 6) is -2.01. The van der Waals surface area contributed by atoms with Crippen LogP contribution in [0.4, 0.5) is 14.9 Å². The fourth-order valence-corrected chi connectivity index (χ4v) is 1.24. The molecule has 0 aliphatic rings. The van der Waals surface area contributed by atoms with Gasteiger partial charge >= 0.3 is 12.0 Å². The van der Waals surface area contributed by atoms with Crippen LogP contribution < -0.4 is 10.6 Å². The minimum absolute atomic E-state index is 0.0606. The summed E-state index contributed by atoms with van der Waals surface area (Å²) >= 11 is 0. The summed E-state index contributed by atoms with van der Waals surface area (Å²) < 4.78 is 13.3. The Morgan fingerprint density at radius 2 is 2.11 bits per heavy atom. The second-order valence-corrected chi connectivity index (χ2v) is 3.66. The number of nitrogens with one attached hydrogen (secondary N) is 2. The van der Waals surface area contributed by atoms with Crippen molar-refractivity contribution in [2.24, 2.45) is 0 Å². The van der Waals surface area contributed by atoms with Gasteiger partial charge in [-0.15, -0.1) is 0 Å². The Morgan fingerprint density at radius 1 is 1.44 bits per heavy atom. The first kappa shape index (κ1) is 13.9. The predicted molar refractivity (Wildman–Crippen MR) is 61.8 cm³/mol. The van der Waals surface area contributed by atoms with Crippen molar-refractivity contribution in [3.8, 4) is 0 Å². The van der Waals surface area contributed by atoms with Gasteiger partial charge in [0.05, 0.1) is 12.3 Å². The number of hydrogen-bond acceptors (Lipinski definition) is 3. The van der Waals surface area contributed by atoms with E-state index in [0.29, 0.717) is 0 Å². The minimum Gasteiger partial charge on any atom is -0.480 e. The first-order valence-electron chi connectivity index (χ1n) is 5.11. The zero-order chi connectivity index (χ0) is 13.7. The van der Waals surface area contributed by atoms with Crippen LogP contribution in [0.2, 0.25) is 0 Å². The maximum atomic E-state index is 13.3. The van der Waals surface area contributed by atoms with Gasteiger partial charge in [-0.2, -0.15) is 0 Å². The molecular weight excluding hydrogens is 243 g/mol. The van der Waals surface area contributed by atoms with Crippen LogP contribution in [0.15, 0.2) is 18.2 Å². The number of carboxylic acids is 1. The highest BCUT2D eigenvalue weighted by molar-refractivity contribution is 5.92. The van der Waals surface area contributed by atoms with Gasteiger partial charge in [-0.05, 0) is 24.6 Å². The molecule has 0 saturated heterocycles. The van der Waals surface area contributed by atoms with Crippen LogP contribution in [0.3, 0.4) is 0 Å². The highest BCUT2D eigenvalue weighted by Gasteiger charge is 2.19. The van der Waals surface area contributed by atoms with E-state index in [1.165, 1.54) is 18.2 Å². The van der Waals surface area contributed by atoms with Gasteiger partial charge in [0.2, 0.25) is 0 Å². The van der Waals surface area contributed by atoms with Crippen LogP contribution in [0.25, 0.3) is 0 Å². The first-order chi connectivity index (χ1) is 8.43. The lowest BCUT2D eigenvalue weighted by Gasteiger charge is -2.13. The normalized spacial score (nSPS) is 11.7. The van der Waals surface area contributed by atoms with Gasteiger partial charge in [0.15, 0.2) is 6.04 Å². The molecule has 7 heteroatoms. The summed E-state index contributed by atoms with van der Waals surface area (Å²) in [5, 5.41) is 21.5. The van der Waals surface area contributed by atoms with E-state index < -0.39 is 30.5 Å². The summed E-state index contributed by atoms with van der Waals surface area (Å²) in [5.41, 5.74) is 0.679. The molecule has 1 aromatic carbocycles. The van der Waals surface area contributed by atoms with E-state index in [2.05, 4.69) is 5.32 Å². The largest absolute Gasteiger partial charge is 0.480 e. The van der Waals surface area contributed by atoms with Crippen LogP contribution in [0.1, 0.15) is 5.56 Å². The third kappa shape index (κ3) is 3.70. The minimum atomic E-state index is -1.43. The molecule has 1 unspecified atom stereocenters. The highest BCUT2D eigenvalue weighted by Crippen LogP contribution is 2.15. The first-order valence-corrected chi connectivity index (χ1v) is 5.11. The number of aliphatic hydroxyl groups is 1. The number of carbonyl (C=O) groups is 2. The number of urea groups is 1. The fraction of sp³-hybridized carbons (Fsp3) is 0.273. The Balaban J connectivity index is 2.70. The molecule has 0 saturated carbocycles. The number of aryl methyl sites for hydroxylation is 1. The second-order valence-electron chi connectivity index (χ2n) is 3.66. The van der Waals surface area contributed by atoms with Crippen molar-refractivity contribution < 1.29 is 24.2 Å². The number of carbonyl (C=O) groups excluding carboxylic acids is 1. The lowest BCUT2D eigenvalue weighted by Crippen LogP contribution is -2.45. The van der Waals surface area contributed by atoms with Crippen molar-refractivity contribution in [1.29, 1.82) is 0 Å². The van der Waals surface area contributed by atoms with Crippen molar-refractivity contribution in [2.45, 2.75) is 13.0 Å². The number of anilines is 1. The zero-order valence-electron chi connectivity index (χ0n) is 9.61. The third-order valence-electron chi connectivity index (χ3n) is 2.16. The Bertz CT molecular complexity index is 464. The number of carboxylic acid groups (broad SMARTS) is 1. The van der Waals surface area contributed by atoms with Gasteiger partial charge in [0.1, 0.15) is 5.82 Å². The summed E-state index contributed by atoms with van der Waals surface area (Å²) in [7, 11) is 0. The molecule has 4 N–H and O–H groups in total. The molecule has 0 bridgehead atoms. The molecule has 1 aromatic rings. The SMILES string of the molecule is Cc1ccc(F)c(NC(=O)NC(CO)C(=O)O)c1. The Kier molecular flexibility index (Phi) is 4.61. The van der Waals surface area contributed by atoms with Crippen molar-refractivity contribution >= 4 is 17.7 Å². The predicted octanol–water partition coefficient (Wildman–Crippen LogP) is 0.701. The number of halogens is 1. The molecule has 0 aromatic heterocycles. The second kappa shape index (κ2) is 5.97. The van der Waals surface area contributed by atoms with Gasteiger partial charge in [0.25, 0.3) is 0 Å². The van der Waals surface area contributed by atoms with Gasteiger partial charge in [-0.25, -0.2) is 14.0 Å². The summed E-state index contributed by atoms with van der Waals surface area (Å²) in [4.78, 5) is 21.9. The van der Waals surface area contributed by atoms with Gasteiger partial charge in [-0.1, -0.05) is 6.07 Å². The molecule has 2 amide bonds. The van der Waals surface area contributed by atoms with Crippen molar-refractivity contribution in [3.63, 3.8) is 0 Å². The average Bonchev–Trinajstić information content (AvgIpc) is 2.30. The van der Waals surface area contributed by atoms with E-state index >= 15 is 0 Å². The van der Waals surface area contributed by atoms with E-state index in [1.807, 2.05) is 5.32 Å². The van der Waals surface area contributed by atoms with E-state index in [1.54, 1.807) is 6.92 Å². The Hall–Kier alpha value is -2.15. The molecule has 0 radical (unpaired) electrons. The van der Waals surface area contributed by atoms with E-state index in [9.17, 15) is 14.0 Å². The summed E-state index contributed by atoms with van der Waals surface area (Å²) in [6.45, 7) is 0.968. The summed E-state index contributed by atoms with van der Waals surface area (Å²) in [6.07, 6.45) is 0. The number of hydrogen-bond donors (Lipinski definition) is 4. The van der Waals surface area contributed by atoms with Crippen LogP contribution in [0, 0.1) is 12.7 Å². The van der Waals surface area contributed by atoms with Crippen molar-refractivity contribution in [1.82, 2.24) is 5.32 Å². The van der Waals surface area contributed by atoms with Gasteiger partial charge in [-0.3, -0.25) is 0 Å². The molecule has 0 spiro atoms. The number of amides is 2. The maximum Gasteiger partial charge on any atom is 0.328 e. The van der Waals surface area contributed by atoms with Crippen LogP contribution in [-0.2, 0) is 4.79 Å². The van der Waals surface area contributed by atoms with E-state index in [0.717, 1.165) is 5.56 Å². The number of aliphatic carboxylic acids is 1. The Morgan fingerprint density at radius 3 is 2.67 bits per heavy atom. The zero-order valence-corrected chi connectivity index (χ0v) is 9.61. The molecule has 0 aliphatic carbocycles. The van der Waals surface area contributed by atoms with Crippen molar-refractivity contribution in [3.05, 3.63) is 29.6 Å². The average molecular weight is 256 g/mol. The molecule has 18 heavy (non-hydrogen) atoms. The number of rotatable bonds is 4. The molecule has 6 nitrogen and oxygen atoms in total. The highest BCUT2D eigenvalue weighted by atomic mass is 19.1. The third-order valence-corrected chi connectivity index (χ3v) is 2.16. The Labute approximate surface area is 102 Å². The monoisotopic (exact) mass is 256 g/mol. The van der Waals surface area contributed by atoms with Gasteiger partial charge < -0.3 is 20.8 Å². The number of aliphatic hydroxyl groups excluding tert-OH is 1. The lowest BCUT2D eigenvalue weighted by molar-refractivity contribution is -0.140. The van der Waals surface area contributed by atoms with Gasteiger partial charge in [0, 0.05) is 0 Å². The lowest BCUT2D eigenvalue weighted by atomic mass is 10.2. The van der Waals surface area contributed by atoms with E-state index in [4.69, 9.17) is 10.2 Å². The molecular formula is C11H13FN2O4. The standard InChI is InChI=1S/C11H13FN2O4/c1-6-2-3-7(12)8(4-6)13-11(18)14-9(5-15)10(16)17/h2-4,9,15H,5H2,1H3,(H,16,17)(H2,13,14,18). The molecule has 98 valence electrons. The quantitative estimate of drug-likeness (QED) is 0.637. The van der Waals surface area contributed by atoms with E-state index in [-0.39, 0.29) is 5.69 Å². The molecule has 0 heterocycles. The van der Waals surface area contributed by atoms with Crippen LogP contribution >= 0.6 is 0 Å². The van der Waals surface area contributed by atoms with Crippen LogP contribution in [-0.4, -0.2) is 34.9 Å². The van der Waals surface area contributed by atoms with Crippen LogP contribution in [0.5, 0.6) is 0 Å². The summed E-state index contributed by atoms with van der Waals surface area (Å²) in [6, 6.07) is 1.79. The fourth-order valence-electron chi connectivity index (χ4n) is 1.24. The maximum absolute atomic E-state index is 13.3. The molecule has 0 fully saturated rings. The van der Waals surface area contributed by atoms with Crippen molar-refractivity contribution in [2.75, 3.05) is 11.9 Å². The topological polar surface area (TPSA) is 98.7 Å².